The molecule has 0 N–H and O–H groups in total. The third kappa shape index (κ3) is 3.02. The molecule has 0 aliphatic rings. The van der Waals surface area contributed by atoms with Crippen LogP contribution in [-0.2, 0) is 0 Å². The van der Waals surface area contributed by atoms with Crippen LogP contribution in [0, 0.1) is 0 Å². The van der Waals surface area contributed by atoms with Crippen molar-refractivity contribution in [2.24, 2.45) is 0 Å². The minimum Gasteiger partial charge on any atom is -0.236 e. The SMILES string of the molecule is CC(C)N(C(C)C)C(F)(F)C(F)Cl. The van der Waals surface area contributed by atoms with E-state index < -0.39 is 23.8 Å². The lowest BCUT2D eigenvalue weighted by Crippen LogP contribution is -2.53. The summed E-state index contributed by atoms with van der Waals surface area (Å²) < 4.78 is 38.7. The Hall–Kier alpha value is 0.0400. The van der Waals surface area contributed by atoms with Gasteiger partial charge in [0.25, 0.3) is 5.63 Å². The van der Waals surface area contributed by atoms with Gasteiger partial charge in [0.15, 0.2) is 0 Å². The lowest BCUT2D eigenvalue weighted by molar-refractivity contribution is -0.195. The summed E-state index contributed by atoms with van der Waals surface area (Å²) in [7, 11) is 0. The highest BCUT2D eigenvalue weighted by atomic mass is 35.5. The van der Waals surface area contributed by atoms with Gasteiger partial charge >= 0.3 is 6.05 Å². The molecule has 80 valence electrons. The highest BCUT2D eigenvalue weighted by Crippen LogP contribution is 2.32. The van der Waals surface area contributed by atoms with Gasteiger partial charge in [0, 0.05) is 12.1 Å². The van der Waals surface area contributed by atoms with E-state index in [-0.39, 0.29) is 0 Å². The van der Waals surface area contributed by atoms with Crippen molar-refractivity contribution in [3.63, 3.8) is 0 Å². The Labute approximate surface area is 81.9 Å². The fourth-order valence-corrected chi connectivity index (χ4v) is 1.51. The molecule has 0 saturated carbocycles. The highest BCUT2D eigenvalue weighted by molar-refractivity contribution is 6.20. The molecule has 0 bridgehead atoms. The van der Waals surface area contributed by atoms with E-state index in [1.54, 1.807) is 27.7 Å². The topological polar surface area (TPSA) is 3.24 Å². The Balaban J connectivity index is 4.73. The number of halogens is 4. The zero-order chi connectivity index (χ0) is 10.8. The smallest absolute Gasteiger partial charge is 0.236 e. The quantitative estimate of drug-likeness (QED) is 0.516. The predicted octanol–water partition coefficient (Wildman–Crippen LogP) is 3.23. The second kappa shape index (κ2) is 4.51. The summed E-state index contributed by atoms with van der Waals surface area (Å²) >= 11 is 4.79. The lowest BCUT2D eigenvalue weighted by Gasteiger charge is -2.37. The molecule has 0 aromatic rings. The predicted molar refractivity (Wildman–Crippen MR) is 47.8 cm³/mol. The first-order valence-corrected chi connectivity index (χ1v) is 4.59. The van der Waals surface area contributed by atoms with Crippen LogP contribution in [0.1, 0.15) is 27.7 Å². The molecule has 0 fully saturated rings. The van der Waals surface area contributed by atoms with Gasteiger partial charge in [0.1, 0.15) is 0 Å². The van der Waals surface area contributed by atoms with Gasteiger partial charge in [-0.15, -0.1) is 0 Å². The lowest BCUT2D eigenvalue weighted by atomic mass is 10.2. The van der Waals surface area contributed by atoms with E-state index in [1.807, 2.05) is 0 Å². The summed E-state index contributed by atoms with van der Waals surface area (Å²) in [5, 5.41) is 0. The van der Waals surface area contributed by atoms with E-state index in [0.717, 1.165) is 4.90 Å². The third-order valence-corrected chi connectivity index (χ3v) is 1.98. The highest BCUT2D eigenvalue weighted by Gasteiger charge is 2.47. The summed E-state index contributed by atoms with van der Waals surface area (Å²) in [6, 6.07) is -4.51. The minimum absolute atomic E-state index is 0.452. The van der Waals surface area contributed by atoms with E-state index in [2.05, 4.69) is 0 Å². The largest absolute Gasteiger partial charge is 0.350 e. The molecule has 0 aliphatic carbocycles. The molecule has 0 spiro atoms. The second-order valence-electron chi connectivity index (χ2n) is 3.48. The van der Waals surface area contributed by atoms with Gasteiger partial charge in [-0.25, -0.2) is 9.29 Å². The van der Waals surface area contributed by atoms with E-state index in [0.29, 0.717) is 0 Å². The van der Waals surface area contributed by atoms with Gasteiger partial charge in [0.2, 0.25) is 0 Å². The van der Waals surface area contributed by atoms with Crippen LogP contribution in [0.5, 0.6) is 0 Å². The third-order valence-electron chi connectivity index (χ3n) is 1.72. The van der Waals surface area contributed by atoms with Crippen LogP contribution in [0.15, 0.2) is 0 Å². The molecule has 0 aromatic heterocycles. The van der Waals surface area contributed by atoms with Crippen LogP contribution in [-0.4, -0.2) is 28.7 Å². The molecule has 13 heavy (non-hydrogen) atoms. The first-order valence-electron chi connectivity index (χ1n) is 4.15. The molecule has 0 radical (unpaired) electrons. The normalized spacial score (nSPS) is 15.9. The van der Waals surface area contributed by atoms with Crippen molar-refractivity contribution < 1.29 is 13.2 Å². The summed E-state index contributed by atoms with van der Waals surface area (Å²) in [4.78, 5) is 0.755. The van der Waals surface area contributed by atoms with E-state index >= 15 is 0 Å². The van der Waals surface area contributed by atoms with Crippen molar-refractivity contribution in [2.75, 3.05) is 0 Å². The zero-order valence-corrected chi connectivity index (χ0v) is 8.95. The number of hydrogen-bond acceptors (Lipinski definition) is 1. The molecule has 0 amide bonds. The van der Waals surface area contributed by atoms with Gasteiger partial charge in [-0.1, -0.05) is 11.6 Å². The van der Waals surface area contributed by atoms with Crippen LogP contribution in [0.2, 0.25) is 0 Å². The molecule has 0 rings (SSSR count). The summed E-state index contributed by atoms with van der Waals surface area (Å²) in [6.45, 7) is 6.31. The number of hydrogen-bond donors (Lipinski definition) is 0. The van der Waals surface area contributed by atoms with Gasteiger partial charge in [-0.2, -0.15) is 8.78 Å². The first-order chi connectivity index (χ1) is 5.71. The number of alkyl halides is 4. The Bertz CT molecular complexity index is 151. The fraction of sp³-hybridized carbons (Fsp3) is 1.00. The molecule has 0 aromatic carbocycles. The summed E-state index contributed by atoms with van der Waals surface area (Å²) in [5.41, 5.74) is -2.67. The zero-order valence-electron chi connectivity index (χ0n) is 8.19. The molecule has 0 heterocycles. The maximum Gasteiger partial charge on any atom is 0.350 e. The summed E-state index contributed by atoms with van der Waals surface area (Å²) in [5.74, 6) is 0. The van der Waals surface area contributed by atoms with Crippen LogP contribution in [0.4, 0.5) is 13.2 Å². The van der Waals surface area contributed by atoms with Gasteiger partial charge in [0.05, 0.1) is 0 Å². The molecule has 1 atom stereocenters. The number of rotatable bonds is 4. The van der Waals surface area contributed by atoms with Crippen LogP contribution < -0.4 is 0 Å². The minimum atomic E-state index is -3.61. The summed E-state index contributed by atoms with van der Waals surface area (Å²) in [6.07, 6.45) is 0. The Morgan fingerprint density at radius 3 is 1.46 bits per heavy atom. The molecular weight excluding hydrogens is 203 g/mol. The second-order valence-corrected chi connectivity index (χ2v) is 3.87. The van der Waals surface area contributed by atoms with Crippen molar-refractivity contribution in [2.45, 2.75) is 51.5 Å². The van der Waals surface area contributed by atoms with E-state index in [1.165, 1.54) is 0 Å². The van der Waals surface area contributed by atoms with Crippen molar-refractivity contribution >= 4 is 11.6 Å². The van der Waals surface area contributed by atoms with E-state index in [4.69, 9.17) is 11.6 Å². The van der Waals surface area contributed by atoms with Crippen LogP contribution >= 0.6 is 11.6 Å². The Morgan fingerprint density at radius 2 is 1.38 bits per heavy atom. The van der Waals surface area contributed by atoms with Crippen molar-refractivity contribution in [1.29, 1.82) is 0 Å². The van der Waals surface area contributed by atoms with E-state index in [9.17, 15) is 13.2 Å². The molecule has 0 saturated heterocycles. The van der Waals surface area contributed by atoms with Crippen LogP contribution in [0.3, 0.4) is 0 Å². The van der Waals surface area contributed by atoms with Gasteiger partial charge < -0.3 is 0 Å². The average Bonchev–Trinajstić information content (AvgIpc) is 1.82. The van der Waals surface area contributed by atoms with Gasteiger partial charge in [-0.05, 0) is 27.7 Å². The van der Waals surface area contributed by atoms with Crippen molar-refractivity contribution in [3.05, 3.63) is 0 Å². The Morgan fingerprint density at radius 1 is 1.08 bits per heavy atom. The van der Waals surface area contributed by atoms with Gasteiger partial charge in [-0.3, -0.25) is 0 Å². The monoisotopic (exact) mass is 217 g/mol. The molecule has 5 heteroatoms. The maximum absolute atomic E-state index is 13.1. The van der Waals surface area contributed by atoms with Crippen molar-refractivity contribution in [3.8, 4) is 0 Å². The van der Waals surface area contributed by atoms with Crippen LogP contribution in [0.25, 0.3) is 0 Å². The number of nitrogens with zero attached hydrogens (tertiary/aromatic N) is 1. The average molecular weight is 218 g/mol. The molecular formula is C8H15ClF3N. The standard InChI is InChI=1S/C8H15ClF3N/c1-5(2)13(6(3)4)8(11,12)7(9)10/h5-7H,1-4H3. The maximum atomic E-state index is 13.1. The Kier molecular flexibility index (Phi) is 4.52. The molecule has 1 unspecified atom stereocenters. The van der Waals surface area contributed by atoms with Crippen molar-refractivity contribution in [1.82, 2.24) is 4.90 Å². The first kappa shape index (κ1) is 13.0. The fourth-order valence-electron chi connectivity index (χ4n) is 1.40. The molecule has 0 aliphatic heterocycles. The molecule has 1 nitrogen and oxygen atoms in total.